The van der Waals surface area contributed by atoms with Crippen LogP contribution in [-0.4, -0.2) is 31.6 Å². The number of piperidine rings is 1. The summed E-state index contributed by atoms with van der Waals surface area (Å²) in [5.74, 6) is -4.03. The number of nitrogens with one attached hydrogen (secondary N) is 1. The largest absolute Gasteiger partial charge is 0.466 e. The van der Waals surface area contributed by atoms with Crippen LogP contribution in [0.25, 0.3) is 0 Å². The predicted molar refractivity (Wildman–Crippen MR) is 54.2 cm³/mol. The van der Waals surface area contributed by atoms with E-state index in [1.807, 2.05) is 0 Å². The normalized spacial score (nSPS) is 36.1. The van der Waals surface area contributed by atoms with Gasteiger partial charge in [0.25, 0.3) is 5.92 Å². The van der Waals surface area contributed by atoms with Crippen LogP contribution in [0.3, 0.4) is 0 Å². The number of alkyl halides is 2. The lowest BCUT2D eigenvalue weighted by atomic mass is 9.92. The van der Waals surface area contributed by atoms with Gasteiger partial charge >= 0.3 is 5.97 Å². The Balaban J connectivity index is 1.98. The summed E-state index contributed by atoms with van der Waals surface area (Å²) in [4.78, 5) is 11.2. The molecule has 3 nitrogen and oxygen atoms in total. The van der Waals surface area contributed by atoms with Crippen molar-refractivity contribution in [2.75, 3.05) is 19.7 Å². The van der Waals surface area contributed by atoms with Crippen molar-refractivity contribution in [3.05, 3.63) is 0 Å². The molecule has 2 rings (SSSR count). The van der Waals surface area contributed by atoms with E-state index >= 15 is 0 Å². The van der Waals surface area contributed by atoms with E-state index in [1.165, 1.54) is 0 Å². The third-order valence-corrected chi connectivity index (χ3v) is 3.78. The summed E-state index contributed by atoms with van der Waals surface area (Å²) in [7, 11) is 0. The molecule has 0 radical (unpaired) electrons. The second kappa shape index (κ2) is 3.95. The lowest BCUT2D eigenvalue weighted by molar-refractivity contribution is -0.144. The highest BCUT2D eigenvalue weighted by Gasteiger charge is 2.79. The zero-order valence-electron chi connectivity index (χ0n) is 9.39. The van der Waals surface area contributed by atoms with Crippen molar-refractivity contribution in [1.29, 1.82) is 0 Å². The van der Waals surface area contributed by atoms with Gasteiger partial charge < -0.3 is 10.1 Å². The maximum atomic E-state index is 13.7. The summed E-state index contributed by atoms with van der Waals surface area (Å²) in [5, 5.41) is 3.00. The van der Waals surface area contributed by atoms with Gasteiger partial charge in [-0.3, -0.25) is 4.79 Å². The average molecular weight is 233 g/mol. The summed E-state index contributed by atoms with van der Waals surface area (Å²) in [6.45, 7) is 3.05. The molecule has 0 aromatic carbocycles. The molecular weight excluding hydrogens is 216 g/mol. The first-order chi connectivity index (χ1) is 7.54. The molecule has 1 spiro atoms. The molecule has 1 saturated carbocycles. The minimum absolute atomic E-state index is 0.150. The van der Waals surface area contributed by atoms with Gasteiger partial charge in [-0.05, 0) is 26.3 Å². The van der Waals surface area contributed by atoms with Gasteiger partial charge in [0.2, 0.25) is 0 Å². The van der Waals surface area contributed by atoms with E-state index in [-0.39, 0.29) is 13.0 Å². The third kappa shape index (κ3) is 1.61. The molecule has 1 heterocycles. The number of esters is 1. The molecule has 0 aromatic rings. The fourth-order valence-corrected chi connectivity index (χ4v) is 2.81. The van der Waals surface area contributed by atoms with Crippen molar-refractivity contribution < 1.29 is 18.3 Å². The van der Waals surface area contributed by atoms with Gasteiger partial charge in [0.1, 0.15) is 0 Å². The molecule has 1 aliphatic heterocycles. The molecule has 1 saturated heterocycles. The highest BCUT2D eigenvalue weighted by molar-refractivity contribution is 5.70. The van der Waals surface area contributed by atoms with Gasteiger partial charge in [-0.1, -0.05) is 0 Å². The first kappa shape index (κ1) is 11.8. The zero-order chi connectivity index (χ0) is 11.8. The molecule has 0 aromatic heterocycles. The smallest absolute Gasteiger partial charge is 0.306 e. The number of carbonyl (C=O) groups is 1. The summed E-state index contributed by atoms with van der Waals surface area (Å²) in [6, 6.07) is 0. The summed E-state index contributed by atoms with van der Waals surface area (Å²) in [5.41, 5.74) is -0.974. The molecule has 2 unspecified atom stereocenters. The molecule has 16 heavy (non-hydrogen) atoms. The minimum atomic E-state index is -2.70. The zero-order valence-corrected chi connectivity index (χ0v) is 9.39. The van der Waals surface area contributed by atoms with Crippen molar-refractivity contribution in [2.24, 2.45) is 11.3 Å². The first-order valence-electron chi connectivity index (χ1n) is 5.79. The van der Waals surface area contributed by atoms with E-state index in [1.54, 1.807) is 6.92 Å². The van der Waals surface area contributed by atoms with E-state index < -0.39 is 23.2 Å². The lowest BCUT2D eigenvalue weighted by Crippen LogP contribution is -2.35. The molecule has 0 amide bonds. The fourth-order valence-electron chi connectivity index (χ4n) is 2.81. The Labute approximate surface area is 93.5 Å². The number of hydrogen-bond donors (Lipinski definition) is 1. The highest BCUT2D eigenvalue weighted by atomic mass is 19.3. The maximum absolute atomic E-state index is 13.7. The molecular formula is C11H17F2NO2. The molecule has 92 valence electrons. The maximum Gasteiger partial charge on any atom is 0.306 e. The molecule has 2 atom stereocenters. The molecule has 2 aliphatic rings. The van der Waals surface area contributed by atoms with Crippen LogP contribution < -0.4 is 5.32 Å². The highest BCUT2D eigenvalue weighted by Crippen LogP contribution is 2.69. The Morgan fingerprint density at radius 2 is 2.31 bits per heavy atom. The van der Waals surface area contributed by atoms with Crippen molar-refractivity contribution in [2.45, 2.75) is 32.1 Å². The quantitative estimate of drug-likeness (QED) is 0.752. The van der Waals surface area contributed by atoms with Gasteiger partial charge in [0.15, 0.2) is 0 Å². The topological polar surface area (TPSA) is 38.3 Å². The lowest BCUT2D eigenvalue weighted by Gasteiger charge is -2.23. The Morgan fingerprint density at radius 3 is 2.88 bits per heavy atom. The number of rotatable bonds is 3. The second-order valence-corrected chi connectivity index (χ2v) is 4.62. The molecule has 0 bridgehead atoms. The van der Waals surface area contributed by atoms with Crippen LogP contribution in [0, 0.1) is 11.3 Å². The van der Waals surface area contributed by atoms with Crippen LogP contribution in [0.5, 0.6) is 0 Å². The third-order valence-electron chi connectivity index (χ3n) is 3.78. The van der Waals surface area contributed by atoms with Crippen molar-refractivity contribution in [1.82, 2.24) is 5.32 Å². The Bertz CT molecular complexity index is 288. The van der Waals surface area contributed by atoms with E-state index in [2.05, 4.69) is 5.32 Å². The summed E-state index contributed by atoms with van der Waals surface area (Å²) < 4.78 is 32.1. The van der Waals surface area contributed by atoms with Crippen LogP contribution in [0.15, 0.2) is 0 Å². The summed E-state index contributed by atoms with van der Waals surface area (Å²) >= 11 is 0. The van der Waals surface area contributed by atoms with Gasteiger partial charge in [-0.15, -0.1) is 0 Å². The predicted octanol–water partition coefficient (Wildman–Crippen LogP) is 1.57. The number of halogens is 2. The van der Waals surface area contributed by atoms with Crippen molar-refractivity contribution >= 4 is 5.97 Å². The monoisotopic (exact) mass is 233 g/mol. The number of carbonyl (C=O) groups excluding carboxylic acids is 1. The standard InChI is InChI=1S/C11H17F2NO2/c1-2-16-9(15)6-8-10(11(8,12)13)4-3-5-14-7-10/h8,14H,2-7H2,1H3. The Morgan fingerprint density at radius 1 is 1.56 bits per heavy atom. The van der Waals surface area contributed by atoms with E-state index in [9.17, 15) is 13.6 Å². The second-order valence-electron chi connectivity index (χ2n) is 4.62. The van der Waals surface area contributed by atoms with E-state index in [0.717, 1.165) is 13.0 Å². The van der Waals surface area contributed by atoms with Gasteiger partial charge in [0, 0.05) is 12.5 Å². The average Bonchev–Trinajstić information content (AvgIpc) is 2.66. The van der Waals surface area contributed by atoms with Crippen molar-refractivity contribution in [3.63, 3.8) is 0 Å². The Hall–Kier alpha value is -0.710. The number of hydrogen-bond acceptors (Lipinski definition) is 3. The van der Waals surface area contributed by atoms with Gasteiger partial charge in [0.05, 0.1) is 18.4 Å². The molecule has 2 fully saturated rings. The van der Waals surface area contributed by atoms with E-state index in [4.69, 9.17) is 4.74 Å². The van der Waals surface area contributed by atoms with Crippen LogP contribution >= 0.6 is 0 Å². The number of ether oxygens (including phenoxy) is 1. The molecule has 1 N–H and O–H groups in total. The SMILES string of the molecule is CCOC(=O)CC1C(F)(F)C12CCCNC2. The van der Waals surface area contributed by atoms with E-state index in [0.29, 0.717) is 13.0 Å². The van der Waals surface area contributed by atoms with Crippen LogP contribution in [-0.2, 0) is 9.53 Å². The van der Waals surface area contributed by atoms with Crippen molar-refractivity contribution in [3.8, 4) is 0 Å². The van der Waals surface area contributed by atoms with Gasteiger partial charge in [-0.2, -0.15) is 0 Å². The fraction of sp³-hybridized carbons (Fsp3) is 0.909. The van der Waals surface area contributed by atoms with Gasteiger partial charge in [-0.25, -0.2) is 8.78 Å². The first-order valence-corrected chi connectivity index (χ1v) is 5.79. The van der Waals surface area contributed by atoms with Crippen LogP contribution in [0.4, 0.5) is 8.78 Å². The summed E-state index contributed by atoms with van der Waals surface area (Å²) in [6.07, 6.45) is 1.12. The van der Waals surface area contributed by atoms with Crippen LogP contribution in [0.2, 0.25) is 0 Å². The minimum Gasteiger partial charge on any atom is -0.466 e. The molecule has 1 aliphatic carbocycles. The Kier molecular flexibility index (Phi) is 2.90. The molecule has 5 heteroatoms. The van der Waals surface area contributed by atoms with Crippen LogP contribution in [0.1, 0.15) is 26.2 Å².